The van der Waals surface area contributed by atoms with Gasteiger partial charge in [-0.3, -0.25) is 4.79 Å². The largest absolute Gasteiger partial charge is 0.322 e. The van der Waals surface area contributed by atoms with E-state index in [9.17, 15) is 13.2 Å². The molecule has 0 unspecified atom stereocenters. The lowest BCUT2D eigenvalue weighted by Gasteiger charge is -2.09. The van der Waals surface area contributed by atoms with Crippen LogP contribution in [0.4, 0.5) is 0 Å². The van der Waals surface area contributed by atoms with E-state index in [1.807, 2.05) is 45.0 Å². The van der Waals surface area contributed by atoms with Crippen LogP contribution in [0.25, 0.3) is 10.9 Å². The number of H-pyrrole nitrogens is 1. The topological polar surface area (TPSA) is 79.0 Å². The minimum Gasteiger partial charge on any atom is -0.322 e. The number of benzene rings is 2. The predicted octanol–water partition coefficient (Wildman–Crippen LogP) is 3.07. The highest BCUT2D eigenvalue weighted by Gasteiger charge is 2.13. The smallest absolute Gasteiger partial charge is 0.252 e. The quantitative estimate of drug-likeness (QED) is 0.724. The summed E-state index contributed by atoms with van der Waals surface area (Å²) in [7, 11) is -3.53. The molecule has 0 saturated carbocycles. The van der Waals surface area contributed by atoms with Crippen LogP contribution in [0.15, 0.2) is 47.3 Å². The van der Waals surface area contributed by atoms with Gasteiger partial charge in [0.15, 0.2) is 0 Å². The predicted molar refractivity (Wildman–Crippen MR) is 105 cm³/mol. The van der Waals surface area contributed by atoms with E-state index < -0.39 is 10.0 Å². The van der Waals surface area contributed by atoms with Crippen molar-refractivity contribution in [2.24, 2.45) is 0 Å². The molecule has 2 aromatic carbocycles. The molecular formula is C20H22N2O3S. The zero-order valence-corrected chi connectivity index (χ0v) is 15.9. The molecule has 0 amide bonds. The van der Waals surface area contributed by atoms with Gasteiger partial charge >= 0.3 is 0 Å². The Labute approximate surface area is 153 Å². The third kappa shape index (κ3) is 4.20. The Morgan fingerprint density at radius 3 is 2.31 bits per heavy atom. The van der Waals surface area contributed by atoms with Crippen molar-refractivity contribution in [2.45, 2.75) is 33.1 Å². The van der Waals surface area contributed by atoms with Gasteiger partial charge in [-0.1, -0.05) is 29.8 Å². The number of rotatable bonds is 5. The maximum atomic E-state index is 12.3. The Morgan fingerprint density at radius 2 is 1.62 bits per heavy atom. The second-order valence-electron chi connectivity index (χ2n) is 6.71. The molecule has 3 rings (SSSR count). The number of aromatic nitrogens is 1. The molecule has 136 valence electrons. The zero-order valence-electron chi connectivity index (χ0n) is 15.1. The Morgan fingerprint density at radius 1 is 0.962 bits per heavy atom. The molecule has 0 atom stereocenters. The van der Waals surface area contributed by atoms with Gasteiger partial charge < -0.3 is 4.98 Å². The van der Waals surface area contributed by atoms with E-state index in [0.717, 1.165) is 27.6 Å². The van der Waals surface area contributed by atoms with Crippen LogP contribution in [0.1, 0.15) is 27.8 Å². The first kappa shape index (κ1) is 18.4. The first-order valence-corrected chi connectivity index (χ1v) is 10.0. The first-order valence-electron chi connectivity index (χ1n) is 8.39. The summed E-state index contributed by atoms with van der Waals surface area (Å²) >= 11 is 0. The standard InChI is InChI=1S/C20H22N2O3S/c1-13-4-6-16(7-5-13)12-26(24,25)21-11-18-10-17-8-14(2)15(3)9-19(17)22-20(18)23/h4-10,21H,11-12H2,1-3H3,(H,22,23). The summed E-state index contributed by atoms with van der Waals surface area (Å²) in [6.45, 7) is 5.90. The van der Waals surface area contributed by atoms with Crippen molar-refractivity contribution in [2.75, 3.05) is 0 Å². The summed E-state index contributed by atoms with van der Waals surface area (Å²) in [6.07, 6.45) is 0. The molecule has 26 heavy (non-hydrogen) atoms. The Balaban J connectivity index is 1.80. The Hall–Kier alpha value is -2.44. The lowest BCUT2D eigenvalue weighted by atomic mass is 10.1. The van der Waals surface area contributed by atoms with E-state index >= 15 is 0 Å². The Kier molecular flexibility index (Phi) is 4.98. The Bertz CT molecular complexity index is 1110. The number of pyridine rings is 1. The molecule has 1 heterocycles. The van der Waals surface area contributed by atoms with Crippen LogP contribution in [0.3, 0.4) is 0 Å². The number of sulfonamides is 1. The highest BCUT2D eigenvalue weighted by Crippen LogP contribution is 2.17. The average molecular weight is 370 g/mol. The van der Waals surface area contributed by atoms with Gasteiger partial charge in [-0.15, -0.1) is 0 Å². The van der Waals surface area contributed by atoms with Crippen LogP contribution < -0.4 is 10.3 Å². The van der Waals surface area contributed by atoms with Crippen LogP contribution in [0, 0.1) is 20.8 Å². The third-order valence-corrected chi connectivity index (χ3v) is 5.79. The monoisotopic (exact) mass is 370 g/mol. The fraction of sp³-hybridized carbons (Fsp3) is 0.250. The van der Waals surface area contributed by atoms with Crippen molar-refractivity contribution in [1.29, 1.82) is 0 Å². The average Bonchev–Trinajstić information content (AvgIpc) is 2.57. The molecule has 3 aromatic rings. The van der Waals surface area contributed by atoms with Crippen molar-refractivity contribution in [3.05, 3.63) is 80.6 Å². The number of hydrogen-bond acceptors (Lipinski definition) is 3. The van der Waals surface area contributed by atoms with Gasteiger partial charge in [0.1, 0.15) is 0 Å². The van der Waals surface area contributed by atoms with Gasteiger partial charge in [0.25, 0.3) is 5.56 Å². The van der Waals surface area contributed by atoms with Crippen molar-refractivity contribution < 1.29 is 8.42 Å². The zero-order chi connectivity index (χ0) is 18.9. The highest BCUT2D eigenvalue weighted by molar-refractivity contribution is 7.88. The molecular weight excluding hydrogens is 348 g/mol. The van der Waals surface area contributed by atoms with Gasteiger partial charge in [0.05, 0.1) is 5.75 Å². The van der Waals surface area contributed by atoms with Gasteiger partial charge in [-0.05, 0) is 61.0 Å². The molecule has 1 aromatic heterocycles. The lowest BCUT2D eigenvalue weighted by molar-refractivity contribution is 0.580. The fourth-order valence-corrected chi connectivity index (χ4v) is 3.90. The maximum Gasteiger partial charge on any atom is 0.252 e. The molecule has 6 heteroatoms. The summed E-state index contributed by atoms with van der Waals surface area (Å²) in [4.78, 5) is 15.1. The minimum atomic E-state index is -3.53. The van der Waals surface area contributed by atoms with Crippen molar-refractivity contribution >= 4 is 20.9 Å². The fourth-order valence-electron chi connectivity index (χ4n) is 2.80. The summed E-state index contributed by atoms with van der Waals surface area (Å²) in [5.41, 5.74) is 4.88. The van der Waals surface area contributed by atoms with Crippen LogP contribution in [-0.4, -0.2) is 13.4 Å². The molecule has 2 N–H and O–H groups in total. The van der Waals surface area contributed by atoms with Crippen LogP contribution in [-0.2, 0) is 22.3 Å². The summed E-state index contributed by atoms with van der Waals surface area (Å²) in [5.74, 6) is -0.114. The minimum absolute atomic E-state index is 0.0353. The number of fused-ring (bicyclic) bond motifs is 1. The van der Waals surface area contributed by atoms with E-state index in [2.05, 4.69) is 9.71 Å². The molecule has 0 fully saturated rings. The summed E-state index contributed by atoms with van der Waals surface area (Å²) in [5, 5.41) is 0.889. The highest BCUT2D eigenvalue weighted by atomic mass is 32.2. The van der Waals surface area contributed by atoms with E-state index in [0.29, 0.717) is 11.1 Å². The van der Waals surface area contributed by atoms with Crippen LogP contribution >= 0.6 is 0 Å². The second-order valence-corrected chi connectivity index (χ2v) is 8.52. The van der Waals surface area contributed by atoms with Gasteiger partial charge in [-0.2, -0.15) is 0 Å². The maximum absolute atomic E-state index is 12.3. The normalized spacial score (nSPS) is 11.8. The van der Waals surface area contributed by atoms with E-state index in [1.165, 1.54) is 0 Å². The number of hydrogen-bond donors (Lipinski definition) is 2. The van der Waals surface area contributed by atoms with E-state index in [4.69, 9.17) is 0 Å². The molecule has 0 bridgehead atoms. The van der Waals surface area contributed by atoms with Crippen LogP contribution in [0.2, 0.25) is 0 Å². The van der Waals surface area contributed by atoms with Crippen molar-refractivity contribution in [1.82, 2.24) is 9.71 Å². The van der Waals surface area contributed by atoms with Crippen molar-refractivity contribution in [3.8, 4) is 0 Å². The van der Waals surface area contributed by atoms with Crippen LogP contribution in [0.5, 0.6) is 0 Å². The number of aromatic amines is 1. The SMILES string of the molecule is Cc1ccc(CS(=O)(=O)NCc2cc3cc(C)c(C)cc3[nH]c2=O)cc1. The second kappa shape index (κ2) is 7.05. The summed E-state index contributed by atoms with van der Waals surface area (Å²) in [6, 6.07) is 13.0. The van der Waals surface area contributed by atoms with Gasteiger partial charge in [-0.25, -0.2) is 13.1 Å². The number of nitrogens with one attached hydrogen (secondary N) is 2. The van der Waals surface area contributed by atoms with Gasteiger partial charge in [0.2, 0.25) is 10.0 Å². The third-order valence-electron chi connectivity index (χ3n) is 4.50. The molecule has 0 spiro atoms. The van der Waals surface area contributed by atoms with E-state index in [1.54, 1.807) is 18.2 Å². The van der Waals surface area contributed by atoms with Gasteiger partial charge in [0, 0.05) is 17.6 Å². The van der Waals surface area contributed by atoms with E-state index in [-0.39, 0.29) is 17.9 Å². The first-order chi connectivity index (χ1) is 12.2. The van der Waals surface area contributed by atoms with Crippen molar-refractivity contribution in [3.63, 3.8) is 0 Å². The lowest BCUT2D eigenvalue weighted by Crippen LogP contribution is -2.28. The molecule has 0 aliphatic rings. The molecule has 0 aliphatic heterocycles. The molecule has 0 radical (unpaired) electrons. The molecule has 5 nitrogen and oxygen atoms in total. The molecule has 0 saturated heterocycles. The number of aryl methyl sites for hydroxylation is 3. The molecule has 0 aliphatic carbocycles. The summed E-state index contributed by atoms with van der Waals surface area (Å²) < 4.78 is 27.1.